The van der Waals surface area contributed by atoms with Crippen molar-refractivity contribution in [1.29, 1.82) is 0 Å². The van der Waals surface area contributed by atoms with Crippen molar-refractivity contribution in [2.75, 3.05) is 13.2 Å². The van der Waals surface area contributed by atoms with Gasteiger partial charge in [0.15, 0.2) is 5.76 Å². The normalized spacial score (nSPS) is 11.8. The van der Waals surface area contributed by atoms with E-state index in [-0.39, 0.29) is 23.7 Å². The van der Waals surface area contributed by atoms with Crippen molar-refractivity contribution in [3.05, 3.63) is 35.0 Å². The first-order valence-electron chi connectivity index (χ1n) is 6.99. The Labute approximate surface area is 129 Å². The summed E-state index contributed by atoms with van der Waals surface area (Å²) < 4.78 is 5.49. The fourth-order valence-electron chi connectivity index (χ4n) is 2.06. The van der Waals surface area contributed by atoms with E-state index < -0.39 is 0 Å². The molecule has 2 N–H and O–H groups in total. The number of furan rings is 1. The first kappa shape index (κ1) is 15.9. The Morgan fingerprint density at radius 1 is 1.38 bits per heavy atom. The van der Waals surface area contributed by atoms with Gasteiger partial charge < -0.3 is 14.8 Å². The molecule has 0 aliphatic heterocycles. The number of rotatable bonds is 6. The van der Waals surface area contributed by atoms with E-state index in [1.807, 2.05) is 13.8 Å². The molecular weight excluding hydrogens is 290 g/mol. The zero-order valence-corrected chi connectivity index (χ0v) is 13.0. The maximum Gasteiger partial charge on any atom is 0.287 e. The minimum Gasteiger partial charge on any atom is -0.451 e. The number of aliphatic hydroxyl groups is 1. The SMILES string of the molecule is CC(C)(CO)CCCNC(=O)c1cc2cc(Cl)ccc2o1. The van der Waals surface area contributed by atoms with Gasteiger partial charge in [-0.25, -0.2) is 0 Å². The van der Waals surface area contributed by atoms with Crippen LogP contribution in [0.1, 0.15) is 37.2 Å². The van der Waals surface area contributed by atoms with Crippen molar-refractivity contribution in [3.63, 3.8) is 0 Å². The molecule has 0 saturated carbocycles. The molecule has 0 bridgehead atoms. The molecule has 4 nitrogen and oxygen atoms in total. The molecule has 0 spiro atoms. The standard InChI is InChI=1S/C16H20ClNO3/c1-16(2,10-19)6-3-7-18-15(20)14-9-11-8-12(17)4-5-13(11)21-14/h4-5,8-9,19H,3,6-7,10H2,1-2H3,(H,18,20). The van der Waals surface area contributed by atoms with Gasteiger partial charge in [-0.2, -0.15) is 0 Å². The number of hydrogen-bond donors (Lipinski definition) is 2. The Bertz CT molecular complexity index is 633. The van der Waals surface area contributed by atoms with Crippen LogP contribution in [-0.4, -0.2) is 24.2 Å². The number of benzene rings is 1. The molecule has 114 valence electrons. The molecule has 0 atom stereocenters. The lowest BCUT2D eigenvalue weighted by atomic mass is 9.89. The molecule has 1 heterocycles. The zero-order valence-electron chi connectivity index (χ0n) is 12.3. The van der Waals surface area contributed by atoms with E-state index in [2.05, 4.69) is 5.32 Å². The lowest BCUT2D eigenvalue weighted by Gasteiger charge is -2.21. The van der Waals surface area contributed by atoms with Gasteiger partial charge in [0.05, 0.1) is 0 Å². The maximum atomic E-state index is 12.0. The predicted octanol–water partition coefficient (Wildman–Crippen LogP) is 3.61. The fraction of sp³-hybridized carbons (Fsp3) is 0.438. The number of halogens is 1. The number of fused-ring (bicyclic) bond motifs is 1. The topological polar surface area (TPSA) is 62.5 Å². The average molecular weight is 310 g/mol. The van der Waals surface area contributed by atoms with Gasteiger partial charge in [-0.1, -0.05) is 25.4 Å². The van der Waals surface area contributed by atoms with Crippen molar-refractivity contribution < 1.29 is 14.3 Å². The molecule has 5 heteroatoms. The highest BCUT2D eigenvalue weighted by atomic mass is 35.5. The van der Waals surface area contributed by atoms with E-state index in [0.29, 0.717) is 17.2 Å². The van der Waals surface area contributed by atoms with Crippen molar-refractivity contribution in [2.45, 2.75) is 26.7 Å². The lowest BCUT2D eigenvalue weighted by Crippen LogP contribution is -2.26. The van der Waals surface area contributed by atoms with Gasteiger partial charge in [-0.15, -0.1) is 0 Å². The summed E-state index contributed by atoms with van der Waals surface area (Å²) in [5.74, 6) is 0.0535. The van der Waals surface area contributed by atoms with Crippen molar-refractivity contribution in [3.8, 4) is 0 Å². The van der Waals surface area contributed by atoms with Crippen LogP contribution in [0.4, 0.5) is 0 Å². The van der Waals surface area contributed by atoms with Crippen molar-refractivity contribution >= 4 is 28.5 Å². The van der Waals surface area contributed by atoms with Gasteiger partial charge in [-0.05, 0) is 42.5 Å². The molecule has 1 aromatic heterocycles. The summed E-state index contributed by atoms with van der Waals surface area (Å²) in [6, 6.07) is 6.93. The third-order valence-corrected chi connectivity index (χ3v) is 3.68. The number of amides is 1. The van der Waals surface area contributed by atoms with Gasteiger partial charge >= 0.3 is 0 Å². The van der Waals surface area contributed by atoms with Crippen LogP contribution in [-0.2, 0) is 0 Å². The molecule has 2 aromatic rings. The molecule has 2 rings (SSSR count). The Morgan fingerprint density at radius 3 is 2.86 bits per heavy atom. The molecule has 0 saturated heterocycles. The van der Waals surface area contributed by atoms with Crippen LogP contribution in [0.15, 0.2) is 28.7 Å². The summed E-state index contributed by atoms with van der Waals surface area (Å²) in [5, 5.41) is 13.4. The molecule has 0 unspecified atom stereocenters. The first-order chi connectivity index (χ1) is 9.91. The second-order valence-electron chi connectivity index (χ2n) is 5.97. The minimum atomic E-state index is -0.232. The summed E-state index contributed by atoms with van der Waals surface area (Å²) in [6.07, 6.45) is 1.66. The van der Waals surface area contributed by atoms with E-state index in [4.69, 9.17) is 16.0 Å². The van der Waals surface area contributed by atoms with Crippen LogP contribution in [0.3, 0.4) is 0 Å². The third-order valence-electron chi connectivity index (χ3n) is 3.45. The molecule has 0 aliphatic rings. The highest BCUT2D eigenvalue weighted by Crippen LogP contribution is 2.23. The minimum absolute atomic E-state index is 0.110. The fourth-order valence-corrected chi connectivity index (χ4v) is 2.24. The summed E-state index contributed by atoms with van der Waals surface area (Å²) in [5.41, 5.74) is 0.534. The Morgan fingerprint density at radius 2 is 2.14 bits per heavy atom. The molecular formula is C16H20ClNO3. The van der Waals surface area contributed by atoms with Crippen LogP contribution in [0, 0.1) is 5.41 Å². The zero-order chi connectivity index (χ0) is 15.5. The average Bonchev–Trinajstić information content (AvgIpc) is 2.86. The quantitative estimate of drug-likeness (QED) is 0.801. The summed E-state index contributed by atoms with van der Waals surface area (Å²) in [4.78, 5) is 12.0. The molecule has 1 aromatic carbocycles. The van der Waals surface area contributed by atoms with Gasteiger partial charge in [0.2, 0.25) is 0 Å². The molecule has 0 aliphatic carbocycles. The maximum absolute atomic E-state index is 12.0. The smallest absolute Gasteiger partial charge is 0.287 e. The molecule has 0 fully saturated rings. The highest BCUT2D eigenvalue weighted by Gasteiger charge is 2.16. The van der Waals surface area contributed by atoms with E-state index in [1.165, 1.54) is 0 Å². The van der Waals surface area contributed by atoms with Gasteiger partial charge in [0.25, 0.3) is 5.91 Å². The Kier molecular flexibility index (Phi) is 4.91. The highest BCUT2D eigenvalue weighted by molar-refractivity contribution is 6.31. The predicted molar refractivity (Wildman–Crippen MR) is 83.7 cm³/mol. The third kappa shape index (κ3) is 4.22. The largest absolute Gasteiger partial charge is 0.451 e. The summed E-state index contributed by atoms with van der Waals surface area (Å²) in [6.45, 7) is 4.70. The van der Waals surface area contributed by atoms with Crippen molar-refractivity contribution in [2.24, 2.45) is 5.41 Å². The number of nitrogens with one attached hydrogen (secondary N) is 1. The monoisotopic (exact) mass is 309 g/mol. The molecule has 1 amide bonds. The number of carbonyl (C=O) groups excluding carboxylic acids is 1. The molecule has 0 radical (unpaired) electrons. The van der Waals surface area contributed by atoms with Crippen LogP contribution in [0.2, 0.25) is 5.02 Å². The van der Waals surface area contributed by atoms with Crippen LogP contribution >= 0.6 is 11.6 Å². The van der Waals surface area contributed by atoms with E-state index in [1.54, 1.807) is 24.3 Å². The number of hydrogen-bond acceptors (Lipinski definition) is 3. The van der Waals surface area contributed by atoms with Gasteiger partial charge in [0.1, 0.15) is 5.58 Å². The van der Waals surface area contributed by atoms with E-state index in [9.17, 15) is 9.90 Å². The van der Waals surface area contributed by atoms with Crippen LogP contribution < -0.4 is 5.32 Å². The second-order valence-corrected chi connectivity index (χ2v) is 6.41. The van der Waals surface area contributed by atoms with Crippen LogP contribution in [0.25, 0.3) is 11.0 Å². The Balaban J connectivity index is 1.90. The second kappa shape index (κ2) is 6.50. The number of carbonyl (C=O) groups is 1. The van der Waals surface area contributed by atoms with E-state index in [0.717, 1.165) is 18.2 Å². The van der Waals surface area contributed by atoms with E-state index >= 15 is 0 Å². The summed E-state index contributed by atoms with van der Waals surface area (Å²) >= 11 is 5.90. The Hall–Kier alpha value is -1.52. The molecule has 21 heavy (non-hydrogen) atoms. The number of aliphatic hydroxyl groups excluding tert-OH is 1. The summed E-state index contributed by atoms with van der Waals surface area (Å²) in [7, 11) is 0. The van der Waals surface area contributed by atoms with Gasteiger partial charge in [0, 0.05) is 23.6 Å². The van der Waals surface area contributed by atoms with Crippen molar-refractivity contribution in [1.82, 2.24) is 5.32 Å². The van der Waals surface area contributed by atoms with Crippen LogP contribution in [0.5, 0.6) is 0 Å². The lowest BCUT2D eigenvalue weighted by molar-refractivity contribution is 0.0923. The van der Waals surface area contributed by atoms with Gasteiger partial charge in [-0.3, -0.25) is 4.79 Å². The first-order valence-corrected chi connectivity index (χ1v) is 7.37.